The molecule has 0 aliphatic rings. The maximum Gasteiger partial charge on any atom is 0.326 e. The van der Waals surface area contributed by atoms with Crippen LogP contribution in [0.5, 0.6) is 0 Å². The third-order valence-corrected chi connectivity index (χ3v) is 6.65. The average molecular weight is 579 g/mol. The van der Waals surface area contributed by atoms with Crippen molar-refractivity contribution in [1.82, 2.24) is 20.9 Å². The number of amides is 4. The lowest BCUT2D eigenvalue weighted by Gasteiger charge is -2.25. The van der Waals surface area contributed by atoms with Gasteiger partial charge in [-0.15, -0.1) is 0 Å². The van der Waals surface area contributed by atoms with Gasteiger partial charge in [-0.05, 0) is 36.5 Å². The molecule has 14 nitrogen and oxygen atoms in total. The second-order valence-corrected chi connectivity index (χ2v) is 10.1. The first-order chi connectivity index (χ1) is 18.9. The van der Waals surface area contributed by atoms with E-state index in [1.807, 2.05) is 12.1 Å². The van der Waals surface area contributed by atoms with Crippen LogP contribution in [0.15, 0.2) is 30.5 Å². The van der Waals surface area contributed by atoms with Crippen molar-refractivity contribution in [2.75, 3.05) is 12.0 Å². The van der Waals surface area contributed by atoms with Crippen LogP contribution >= 0.6 is 11.8 Å². The molecule has 15 heteroatoms. The zero-order chi connectivity index (χ0) is 29.8. The summed E-state index contributed by atoms with van der Waals surface area (Å²) in [6, 6.07) is 1.96. The number of carboxylic acids is 2. The van der Waals surface area contributed by atoms with Crippen LogP contribution in [-0.2, 0) is 35.2 Å². The first-order valence-corrected chi connectivity index (χ1v) is 13.8. The Hall–Kier alpha value is -4.11. The highest BCUT2D eigenvalue weighted by molar-refractivity contribution is 7.98. The van der Waals surface area contributed by atoms with E-state index in [4.69, 9.17) is 16.6 Å². The summed E-state index contributed by atoms with van der Waals surface area (Å²) in [5.74, 6) is -5.48. The molecule has 0 aliphatic heterocycles. The van der Waals surface area contributed by atoms with Gasteiger partial charge in [-0.3, -0.25) is 24.0 Å². The molecular weight excluding hydrogens is 544 g/mol. The molecule has 4 atom stereocenters. The number of carboxylic acid groups (broad SMARTS) is 2. The highest BCUT2D eigenvalue weighted by atomic mass is 32.2. The van der Waals surface area contributed by atoms with Crippen LogP contribution < -0.4 is 27.4 Å². The zero-order valence-corrected chi connectivity index (χ0v) is 22.7. The fraction of sp³-hybridized carbons (Fsp3) is 0.440. The number of para-hydroxylation sites is 1. The highest BCUT2D eigenvalue weighted by Gasteiger charge is 2.31. The standard InChI is InChI=1S/C25H34N6O8S/c1-40-9-8-17(29-22(35)15(26)6-7-20(27)32)23(36)30-18(24(37)31-19(25(38)39)11-21(33)34)10-13-12-28-16-5-3-2-4-14(13)16/h2-5,12,15,17-19,28H,6-11,26H2,1H3,(H2,27,32)(H,29,35)(H,30,36)(H,31,37)(H,33,34)(H,38,39). The van der Waals surface area contributed by atoms with E-state index in [1.54, 1.807) is 24.6 Å². The van der Waals surface area contributed by atoms with Crippen molar-refractivity contribution in [3.63, 3.8) is 0 Å². The largest absolute Gasteiger partial charge is 0.481 e. The van der Waals surface area contributed by atoms with Crippen LogP contribution in [0.1, 0.15) is 31.2 Å². The van der Waals surface area contributed by atoms with Gasteiger partial charge in [0, 0.05) is 29.9 Å². The summed E-state index contributed by atoms with van der Waals surface area (Å²) in [4.78, 5) is 75.9. The Morgan fingerprint density at radius 3 is 2.17 bits per heavy atom. The summed E-state index contributed by atoms with van der Waals surface area (Å²) in [7, 11) is 0. The van der Waals surface area contributed by atoms with Gasteiger partial charge in [-0.2, -0.15) is 11.8 Å². The van der Waals surface area contributed by atoms with E-state index in [9.17, 15) is 33.9 Å². The number of aromatic nitrogens is 1. The molecule has 2 aromatic rings. The fourth-order valence-corrected chi connectivity index (χ4v) is 4.33. The minimum Gasteiger partial charge on any atom is -0.481 e. The molecule has 0 spiro atoms. The number of hydrogen-bond donors (Lipinski definition) is 8. The molecule has 10 N–H and O–H groups in total. The molecule has 1 aromatic heterocycles. The van der Waals surface area contributed by atoms with Crippen molar-refractivity contribution in [3.8, 4) is 0 Å². The van der Waals surface area contributed by atoms with Gasteiger partial charge >= 0.3 is 11.9 Å². The van der Waals surface area contributed by atoms with Crippen molar-refractivity contribution in [2.45, 2.75) is 56.3 Å². The number of aliphatic carboxylic acids is 2. The third-order valence-electron chi connectivity index (χ3n) is 6.01. The summed E-state index contributed by atoms with van der Waals surface area (Å²) in [6.45, 7) is 0. The van der Waals surface area contributed by atoms with Crippen molar-refractivity contribution in [1.29, 1.82) is 0 Å². The number of fused-ring (bicyclic) bond motifs is 1. The molecule has 4 unspecified atom stereocenters. The van der Waals surface area contributed by atoms with E-state index in [0.717, 1.165) is 10.9 Å². The number of primary amides is 1. The molecule has 0 saturated heterocycles. The van der Waals surface area contributed by atoms with Gasteiger partial charge in [-0.1, -0.05) is 18.2 Å². The number of H-pyrrole nitrogens is 1. The number of hydrogen-bond acceptors (Lipinski definition) is 8. The first-order valence-electron chi connectivity index (χ1n) is 12.4. The molecule has 2 rings (SSSR count). The van der Waals surface area contributed by atoms with Crippen molar-refractivity contribution in [2.24, 2.45) is 11.5 Å². The SMILES string of the molecule is CSCCC(NC(=O)C(N)CCC(N)=O)C(=O)NC(Cc1c[nH]c2ccccc12)C(=O)NC(CC(=O)O)C(=O)O. The summed E-state index contributed by atoms with van der Waals surface area (Å²) >= 11 is 1.42. The molecule has 0 aliphatic carbocycles. The van der Waals surface area contributed by atoms with Crippen LogP contribution in [-0.4, -0.2) is 86.9 Å². The number of rotatable bonds is 17. The number of benzene rings is 1. The Morgan fingerprint density at radius 1 is 0.925 bits per heavy atom. The van der Waals surface area contributed by atoms with Crippen molar-refractivity contribution in [3.05, 3.63) is 36.0 Å². The maximum atomic E-state index is 13.3. The lowest BCUT2D eigenvalue weighted by atomic mass is 10.0. The van der Waals surface area contributed by atoms with Crippen molar-refractivity contribution >= 4 is 58.2 Å². The Morgan fingerprint density at radius 2 is 1.55 bits per heavy atom. The van der Waals surface area contributed by atoms with Crippen LogP contribution in [0.3, 0.4) is 0 Å². The van der Waals surface area contributed by atoms with Gasteiger partial charge in [0.15, 0.2) is 0 Å². The monoisotopic (exact) mass is 578 g/mol. The van der Waals surface area contributed by atoms with Crippen LogP contribution in [0.2, 0.25) is 0 Å². The van der Waals surface area contributed by atoms with E-state index in [2.05, 4.69) is 20.9 Å². The topological polar surface area (TPSA) is 247 Å². The predicted molar refractivity (Wildman–Crippen MR) is 147 cm³/mol. The average Bonchev–Trinajstić information content (AvgIpc) is 3.30. The van der Waals surface area contributed by atoms with E-state index < -0.39 is 66.2 Å². The molecule has 0 fully saturated rings. The Balaban J connectivity index is 2.29. The summed E-state index contributed by atoms with van der Waals surface area (Å²) in [5.41, 5.74) is 12.3. The summed E-state index contributed by atoms with van der Waals surface area (Å²) < 4.78 is 0. The van der Waals surface area contributed by atoms with Crippen LogP contribution in [0.4, 0.5) is 0 Å². The van der Waals surface area contributed by atoms with Gasteiger partial charge < -0.3 is 42.6 Å². The number of carbonyl (C=O) groups excluding carboxylic acids is 4. The fourth-order valence-electron chi connectivity index (χ4n) is 3.86. The molecule has 0 radical (unpaired) electrons. The van der Waals surface area contributed by atoms with Gasteiger partial charge in [0.2, 0.25) is 23.6 Å². The zero-order valence-electron chi connectivity index (χ0n) is 21.8. The maximum absolute atomic E-state index is 13.3. The van der Waals surface area contributed by atoms with Gasteiger partial charge in [0.05, 0.1) is 12.5 Å². The number of aromatic amines is 1. The lowest BCUT2D eigenvalue weighted by molar-refractivity contribution is -0.147. The Bertz CT molecular complexity index is 1230. The smallest absolute Gasteiger partial charge is 0.326 e. The van der Waals surface area contributed by atoms with Crippen molar-refractivity contribution < 1.29 is 39.0 Å². The molecule has 218 valence electrons. The van der Waals surface area contributed by atoms with Gasteiger partial charge in [-0.25, -0.2) is 4.79 Å². The normalized spacial score (nSPS) is 13.9. The van der Waals surface area contributed by atoms with E-state index in [-0.39, 0.29) is 25.7 Å². The lowest BCUT2D eigenvalue weighted by Crippen LogP contribution is -2.58. The number of nitrogens with one attached hydrogen (secondary N) is 4. The quantitative estimate of drug-likeness (QED) is 0.114. The third kappa shape index (κ3) is 9.89. The molecule has 1 aromatic carbocycles. The molecule has 4 amide bonds. The second-order valence-electron chi connectivity index (χ2n) is 9.08. The van der Waals surface area contributed by atoms with Gasteiger partial charge in [0.25, 0.3) is 0 Å². The number of carbonyl (C=O) groups is 6. The molecular formula is C25H34N6O8S. The van der Waals surface area contributed by atoms with Gasteiger partial charge in [0.1, 0.15) is 18.1 Å². The highest BCUT2D eigenvalue weighted by Crippen LogP contribution is 2.19. The number of nitrogens with two attached hydrogens (primary N) is 2. The van der Waals surface area contributed by atoms with E-state index in [0.29, 0.717) is 11.3 Å². The Labute approximate surface area is 234 Å². The minimum atomic E-state index is -1.73. The number of thioether (sulfide) groups is 1. The molecule has 0 saturated carbocycles. The summed E-state index contributed by atoms with van der Waals surface area (Å²) in [5, 5.41) is 26.5. The minimum absolute atomic E-state index is 0.0240. The van der Waals surface area contributed by atoms with Crippen LogP contribution in [0.25, 0.3) is 10.9 Å². The second kappa shape index (κ2) is 15.5. The molecule has 1 heterocycles. The predicted octanol–water partition coefficient (Wildman–Crippen LogP) is -0.930. The van der Waals surface area contributed by atoms with E-state index >= 15 is 0 Å². The molecule has 0 bridgehead atoms. The summed E-state index contributed by atoms with van der Waals surface area (Å²) in [6.07, 6.45) is 2.55. The Kier molecular flexibility index (Phi) is 12.4. The first kappa shape index (κ1) is 32.1. The van der Waals surface area contributed by atoms with Crippen LogP contribution in [0, 0.1) is 0 Å². The molecule has 40 heavy (non-hydrogen) atoms. The van der Waals surface area contributed by atoms with E-state index in [1.165, 1.54) is 11.8 Å².